The first-order valence-electron chi connectivity index (χ1n) is 9.13. The van der Waals surface area contributed by atoms with Gasteiger partial charge in [-0.15, -0.1) is 12.4 Å². The van der Waals surface area contributed by atoms with Crippen molar-refractivity contribution in [3.8, 4) is 0 Å². The Kier molecular flexibility index (Phi) is 7.15. The smallest absolute Gasteiger partial charge is 0.312 e. The maximum absolute atomic E-state index is 12.7. The van der Waals surface area contributed by atoms with E-state index in [0.29, 0.717) is 37.6 Å². The molecule has 0 radical (unpaired) electrons. The van der Waals surface area contributed by atoms with Crippen molar-refractivity contribution in [2.45, 2.75) is 32.7 Å². The fourth-order valence-corrected chi connectivity index (χ4v) is 3.92. The van der Waals surface area contributed by atoms with Crippen molar-refractivity contribution < 1.29 is 9.72 Å². The SMILES string of the molecule is Cc1nn(CCC(=O)N2C[C@@H](CN)[C@H](c3ccccc3)C2)c(C)c1[N+](=O)[O-].Cl. The number of rotatable bonds is 6. The van der Waals surface area contributed by atoms with Crippen molar-refractivity contribution in [1.29, 1.82) is 0 Å². The summed E-state index contributed by atoms with van der Waals surface area (Å²) in [6, 6.07) is 10.1. The van der Waals surface area contributed by atoms with Gasteiger partial charge in [-0.3, -0.25) is 19.6 Å². The van der Waals surface area contributed by atoms with E-state index in [1.54, 1.807) is 18.5 Å². The van der Waals surface area contributed by atoms with Crippen LogP contribution in [0.25, 0.3) is 0 Å². The molecule has 1 fully saturated rings. The Balaban J connectivity index is 0.00000280. The zero-order valence-corrected chi connectivity index (χ0v) is 16.9. The van der Waals surface area contributed by atoms with Gasteiger partial charge in [-0.2, -0.15) is 5.10 Å². The number of aromatic nitrogens is 2. The zero-order valence-electron chi connectivity index (χ0n) is 16.1. The average molecular weight is 408 g/mol. The molecule has 0 spiro atoms. The molecule has 3 rings (SSSR count). The quantitative estimate of drug-likeness (QED) is 0.584. The van der Waals surface area contributed by atoms with E-state index >= 15 is 0 Å². The van der Waals surface area contributed by atoms with Crippen LogP contribution in [-0.4, -0.2) is 45.1 Å². The maximum Gasteiger partial charge on any atom is 0.312 e. The van der Waals surface area contributed by atoms with Gasteiger partial charge in [0.05, 0.1) is 11.5 Å². The highest BCUT2D eigenvalue weighted by Gasteiger charge is 2.35. The average Bonchev–Trinajstić information content (AvgIpc) is 3.21. The minimum atomic E-state index is -0.424. The van der Waals surface area contributed by atoms with Crippen molar-refractivity contribution in [3.63, 3.8) is 0 Å². The molecule has 1 aromatic heterocycles. The first-order chi connectivity index (χ1) is 12.9. The fraction of sp³-hybridized carbons (Fsp3) is 0.474. The van der Waals surface area contributed by atoms with Gasteiger partial charge in [0.15, 0.2) is 0 Å². The Hall–Kier alpha value is -2.45. The van der Waals surface area contributed by atoms with Crippen LogP contribution in [0.3, 0.4) is 0 Å². The topological polar surface area (TPSA) is 107 Å². The predicted octanol–water partition coefficient (Wildman–Crippen LogP) is 2.42. The van der Waals surface area contributed by atoms with Gasteiger partial charge in [-0.05, 0) is 31.9 Å². The minimum Gasteiger partial charge on any atom is -0.342 e. The van der Waals surface area contributed by atoms with Gasteiger partial charge in [0.1, 0.15) is 11.4 Å². The van der Waals surface area contributed by atoms with Crippen LogP contribution >= 0.6 is 12.4 Å². The molecule has 9 heteroatoms. The molecule has 1 amide bonds. The van der Waals surface area contributed by atoms with Crippen molar-refractivity contribution in [2.75, 3.05) is 19.6 Å². The monoisotopic (exact) mass is 407 g/mol. The molecule has 8 nitrogen and oxygen atoms in total. The first kappa shape index (κ1) is 21.8. The summed E-state index contributed by atoms with van der Waals surface area (Å²) >= 11 is 0. The predicted molar refractivity (Wildman–Crippen MR) is 109 cm³/mol. The molecule has 0 bridgehead atoms. The minimum absolute atomic E-state index is 0. The van der Waals surface area contributed by atoms with Crippen molar-refractivity contribution >= 4 is 24.0 Å². The molecule has 152 valence electrons. The van der Waals surface area contributed by atoms with Crippen LogP contribution in [0.4, 0.5) is 5.69 Å². The molecule has 1 aliphatic heterocycles. The number of likely N-dealkylation sites (tertiary alicyclic amines) is 1. The summed E-state index contributed by atoms with van der Waals surface area (Å²) in [4.78, 5) is 25.2. The highest BCUT2D eigenvalue weighted by atomic mass is 35.5. The van der Waals surface area contributed by atoms with E-state index in [9.17, 15) is 14.9 Å². The highest BCUT2D eigenvalue weighted by molar-refractivity contribution is 5.85. The van der Waals surface area contributed by atoms with E-state index in [4.69, 9.17) is 5.73 Å². The van der Waals surface area contributed by atoms with E-state index in [1.165, 1.54) is 5.56 Å². The number of carbonyl (C=O) groups excluding carboxylic acids is 1. The van der Waals surface area contributed by atoms with Crippen LogP contribution in [-0.2, 0) is 11.3 Å². The number of nitrogens with two attached hydrogens (primary N) is 1. The lowest BCUT2D eigenvalue weighted by Gasteiger charge is -2.17. The maximum atomic E-state index is 12.7. The van der Waals surface area contributed by atoms with E-state index in [0.717, 1.165) is 0 Å². The third kappa shape index (κ3) is 4.34. The molecule has 2 N–H and O–H groups in total. The third-order valence-corrected chi connectivity index (χ3v) is 5.39. The van der Waals surface area contributed by atoms with Crippen molar-refractivity contribution in [3.05, 3.63) is 57.4 Å². The number of halogens is 1. The van der Waals surface area contributed by atoms with E-state index in [1.807, 2.05) is 23.1 Å². The molecule has 2 heterocycles. The van der Waals surface area contributed by atoms with Gasteiger partial charge in [0.25, 0.3) is 0 Å². The van der Waals surface area contributed by atoms with Crippen molar-refractivity contribution in [2.24, 2.45) is 11.7 Å². The van der Waals surface area contributed by atoms with Gasteiger partial charge in [-0.25, -0.2) is 0 Å². The summed E-state index contributed by atoms with van der Waals surface area (Å²) in [5.41, 5.74) is 8.02. The molecule has 1 aliphatic rings. The first-order valence-corrected chi connectivity index (χ1v) is 9.13. The fourth-order valence-electron chi connectivity index (χ4n) is 3.92. The van der Waals surface area contributed by atoms with Crippen LogP contribution in [0.5, 0.6) is 0 Å². The zero-order chi connectivity index (χ0) is 19.6. The number of aryl methyl sites for hydroxylation is 2. The van der Waals surface area contributed by atoms with Gasteiger partial charge in [0.2, 0.25) is 5.91 Å². The molecule has 0 unspecified atom stereocenters. The lowest BCUT2D eigenvalue weighted by Crippen LogP contribution is -2.30. The van der Waals surface area contributed by atoms with Gasteiger partial charge < -0.3 is 10.6 Å². The second-order valence-corrected chi connectivity index (χ2v) is 7.06. The molecule has 2 aromatic rings. The van der Waals surface area contributed by atoms with Gasteiger partial charge >= 0.3 is 5.69 Å². The number of nitrogens with zero attached hydrogens (tertiary/aromatic N) is 4. The molecule has 0 saturated carbocycles. The number of hydrogen-bond acceptors (Lipinski definition) is 5. The Morgan fingerprint density at radius 1 is 1.29 bits per heavy atom. The lowest BCUT2D eigenvalue weighted by atomic mass is 9.89. The Morgan fingerprint density at radius 2 is 1.96 bits per heavy atom. The van der Waals surface area contributed by atoms with Crippen LogP contribution in [0, 0.1) is 29.9 Å². The molecule has 1 saturated heterocycles. The summed E-state index contributed by atoms with van der Waals surface area (Å²) in [6.45, 7) is 5.44. The van der Waals surface area contributed by atoms with Gasteiger partial charge in [0, 0.05) is 25.4 Å². The van der Waals surface area contributed by atoms with E-state index in [-0.39, 0.29) is 42.3 Å². The molecule has 0 aliphatic carbocycles. The van der Waals surface area contributed by atoms with Crippen LogP contribution < -0.4 is 5.73 Å². The Bertz CT molecular complexity index is 840. The summed E-state index contributed by atoms with van der Waals surface area (Å²) in [6.07, 6.45) is 0.262. The summed E-state index contributed by atoms with van der Waals surface area (Å²) in [7, 11) is 0. The van der Waals surface area contributed by atoms with Crippen LogP contribution in [0.15, 0.2) is 30.3 Å². The highest BCUT2D eigenvalue weighted by Crippen LogP contribution is 2.32. The number of amides is 1. The van der Waals surface area contributed by atoms with E-state index < -0.39 is 4.92 Å². The molecular weight excluding hydrogens is 382 g/mol. The Labute approximate surface area is 170 Å². The summed E-state index contributed by atoms with van der Waals surface area (Å²) in [5.74, 6) is 0.517. The standard InChI is InChI=1S/C19H25N5O3.ClH/c1-13-19(24(26)27)14(2)23(21-13)9-8-18(25)22-11-16(10-20)17(12-22)15-6-4-3-5-7-15;/h3-7,16-17H,8-12,20H2,1-2H3;1H/t16-,17+;/m1./s1. The largest absolute Gasteiger partial charge is 0.342 e. The van der Waals surface area contributed by atoms with Crippen LogP contribution in [0.1, 0.15) is 29.3 Å². The third-order valence-electron chi connectivity index (χ3n) is 5.39. The lowest BCUT2D eigenvalue weighted by molar-refractivity contribution is -0.386. The molecule has 28 heavy (non-hydrogen) atoms. The molecule has 2 atom stereocenters. The normalized spacial score (nSPS) is 18.8. The molecule has 1 aromatic carbocycles. The number of carbonyl (C=O) groups is 1. The second-order valence-electron chi connectivity index (χ2n) is 7.06. The summed E-state index contributed by atoms with van der Waals surface area (Å²) < 4.78 is 1.55. The van der Waals surface area contributed by atoms with Crippen molar-refractivity contribution in [1.82, 2.24) is 14.7 Å². The number of hydrogen-bond donors (Lipinski definition) is 1. The molecular formula is C19H26ClN5O3. The second kappa shape index (κ2) is 9.16. The number of benzene rings is 1. The van der Waals surface area contributed by atoms with Crippen LogP contribution in [0.2, 0.25) is 0 Å². The van der Waals surface area contributed by atoms with Gasteiger partial charge in [-0.1, -0.05) is 30.3 Å². The number of nitro groups is 1. The Morgan fingerprint density at radius 3 is 2.54 bits per heavy atom. The van der Waals surface area contributed by atoms with E-state index in [2.05, 4.69) is 17.2 Å². The summed E-state index contributed by atoms with van der Waals surface area (Å²) in [5, 5.41) is 15.3.